The molecular weight excluding hydrogens is 273 g/mol. The summed E-state index contributed by atoms with van der Waals surface area (Å²) in [6.45, 7) is -1.05. The van der Waals surface area contributed by atoms with Gasteiger partial charge in [-0.1, -0.05) is 0 Å². The molecule has 1 rings (SSSR count). The van der Waals surface area contributed by atoms with Gasteiger partial charge in [0.1, 0.15) is 18.8 Å². The van der Waals surface area contributed by atoms with Gasteiger partial charge in [-0.15, -0.1) is 11.3 Å². The standard InChI is InChI=1S/C9H9F3N2O3S/c1-5-13-6(3-18-5)8(17)14(2-7(15)16)4-9(10,11)12/h3H,2,4H2,1H3,(H,15,16). The Labute approximate surface area is 104 Å². The second kappa shape index (κ2) is 5.34. The second-order valence-electron chi connectivity index (χ2n) is 3.42. The van der Waals surface area contributed by atoms with Crippen LogP contribution in [0.25, 0.3) is 0 Å². The molecule has 100 valence electrons. The van der Waals surface area contributed by atoms with Crippen LogP contribution in [0, 0.1) is 6.92 Å². The number of aromatic nitrogens is 1. The molecule has 0 radical (unpaired) electrons. The molecule has 0 atom stereocenters. The molecule has 0 aliphatic rings. The molecule has 1 N–H and O–H groups in total. The Morgan fingerprint density at radius 1 is 1.50 bits per heavy atom. The molecule has 1 heterocycles. The van der Waals surface area contributed by atoms with Crippen molar-refractivity contribution in [1.29, 1.82) is 0 Å². The van der Waals surface area contributed by atoms with Crippen molar-refractivity contribution in [1.82, 2.24) is 9.88 Å². The smallest absolute Gasteiger partial charge is 0.406 e. The highest BCUT2D eigenvalue weighted by Crippen LogP contribution is 2.18. The summed E-state index contributed by atoms with van der Waals surface area (Å²) in [6, 6.07) is 0. The highest BCUT2D eigenvalue weighted by Gasteiger charge is 2.34. The van der Waals surface area contributed by atoms with Crippen LogP contribution in [0.1, 0.15) is 15.5 Å². The Hall–Kier alpha value is -1.64. The molecule has 1 amide bonds. The van der Waals surface area contributed by atoms with Gasteiger partial charge in [-0.05, 0) is 6.92 Å². The van der Waals surface area contributed by atoms with Crippen molar-refractivity contribution >= 4 is 23.2 Å². The first-order valence-corrected chi connectivity index (χ1v) is 5.57. The quantitative estimate of drug-likeness (QED) is 0.909. The average molecular weight is 282 g/mol. The lowest BCUT2D eigenvalue weighted by Crippen LogP contribution is -2.42. The fourth-order valence-corrected chi connectivity index (χ4v) is 1.79. The Morgan fingerprint density at radius 3 is 2.50 bits per heavy atom. The summed E-state index contributed by atoms with van der Waals surface area (Å²) in [5.41, 5.74) is -0.178. The first-order chi connectivity index (χ1) is 8.19. The first kappa shape index (κ1) is 14.4. The van der Waals surface area contributed by atoms with E-state index in [0.717, 1.165) is 11.3 Å². The number of nitrogens with zero attached hydrogens (tertiary/aromatic N) is 2. The van der Waals surface area contributed by atoms with E-state index in [4.69, 9.17) is 5.11 Å². The zero-order valence-corrected chi connectivity index (χ0v) is 10.0. The van der Waals surface area contributed by atoms with Crippen LogP contribution in [-0.2, 0) is 4.79 Å². The van der Waals surface area contributed by atoms with Crippen LogP contribution < -0.4 is 0 Å². The van der Waals surface area contributed by atoms with E-state index in [0.29, 0.717) is 5.01 Å². The third kappa shape index (κ3) is 4.32. The minimum absolute atomic E-state index is 0.178. The van der Waals surface area contributed by atoms with Crippen LogP contribution >= 0.6 is 11.3 Å². The number of hydrogen-bond donors (Lipinski definition) is 1. The third-order valence-electron chi connectivity index (χ3n) is 1.82. The molecule has 1 aromatic rings. The van der Waals surface area contributed by atoms with E-state index >= 15 is 0 Å². The maximum absolute atomic E-state index is 12.2. The largest absolute Gasteiger partial charge is 0.480 e. The summed E-state index contributed by atoms with van der Waals surface area (Å²) in [5, 5.41) is 10.3. The van der Waals surface area contributed by atoms with Crippen LogP contribution in [0.5, 0.6) is 0 Å². The predicted molar refractivity (Wildman–Crippen MR) is 56.4 cm³/mol. The SMILES string of the molecule is Cc1nc(C(=O)N(CC(=O)O)CC(F)(F)F)cs1. The lowest BCUT2D eigenvalue weighted by atomic mass is 10.3. The molecule has 18 heavy (non-hydrogen) atoms. The van der Waals surface area contributed by atoms with Crippen LogP contribution in [0.2, 0.25) is 0 Å². The fraction of sp³-hybridized carbons (Fsp3) is 0.444. The monoisotopic (exact) mass is 282 g/mol. The molecule has 0 fully saturated rings. The number of carboxylic acids is 1. The van der Waals surface area contributed by atoms with Crippen molar-refractivity contribution in [3.63, 3.8) is 0 Å². The summed E-state index contributed by atoms with van der Waals surface area (Å²) in [7, 11) is 0. The summed E-state index contributed by atoms with van der Waals surface area (Å²) in [4.78, 5) is 26.1. The highest BCUT2D eigenvalue weighted by atomic mass is 32.1. The Bertz CT molecular complexity index is 458. The van der Waals surface area contributed by atoms with E-state index in [1.54, 1.807) is 6.92 Å². The van der Waals surface area contributed by atoms with E-state index in [2.05, 4.69) is 4.98 Å². The highest BCUT2D eigenvalue weighted by molar-refractivity contribution is 7.09. The Balaban J connectivity index is 2.88. The molecule has 9 heteroatoms. The van der Waals surface area contributed by atoms with Gasteiger partial charge in [-0.25, -0.2) is 4.98 Å². The molecule has 0 aliphatic heterocycles. The van der Waals surface area contributed by atoms with E-state index < -0.39 is 31.1 Å². The number of carbonyl (C=O) groups excluding carboxylic acids is 1. The Kier molecular flexibility index (Phi) is 4.28. The number of carboxylic acid groups (broad SMARTS) is 1. The normalized spacial score (nSPS) is 11.3. The van der Waals surface area contributed by atoms with Crippen molar-refractivity contribution in [2.45, 2.75) is 13.1 Å². The summed E-state index contributed by atoms with van der Waals surface area (Å²) in [5.74, 6) is -2.56. The van der Waals surface area contributed by atoms with Crippen LogP contribution in [0.15, 0.2) is 5.38 Å². The van der Waals surface area contributed by atoms with Crippen molar-refractivity contribution in [3.8, 4) is 0 Å². The van der Waals surface area contributed by atoms with E-state index in [1.807, 2.05) is 0 Å². The van der Waals surface area contributed by atoms with Gasteiger partial charge in [-0.2, -0.15) is 13.2 Å². The summed E-state index contributed by atoms with van der Waals surface area (Å²) >= 11 is 1.10. The van der Waals surface area contributed by atoms with Crippen molar-refractivity contribution < 1.29 is 27.9 Å². The molecular formula is C9H9F3N2O3S. The molecule has 0 unspecified atom stereocenters. The number of aliphatic carboxylic acids is 1. The topological polar surface area (TPSA) is 70.5 Å². The van der Waals surface area contributed by atoms with Gasteiger partial charge < -0.3 is 10.0 Å². The number of hydrogen-bond acceptors (Lipinski definition) is 4. The average Bonchev–Trinajstić information content (AvgIpc) is 2.59. The lowest BCUT2D eigenvalue weighted by molar-refractivity contribution is -0.149. The van der Waals surface area contributed by atoms with Crippen LogP contribution in [0.4, 0.5) is 13.2 Å². The van der Waals surface area contributed by atoms with Crippen molar-refractivity contribution in [2.24, 2.45) is 0 Å². The van der Waals surface area contributed by atoms with E-state index in [1.165, 1.54) is 5.38 Å². The van der Waals surface area contributed by atoms with Gasteiger partial charge in [0.05, 0.1) is 5.01 Å². The van der Waals surface area contributed by atoms with Gasteiger partial charge in [0.25, 0.3) is 5.91 Å². The number of alkyl halides is 3. The minimum Gasteiger partial charge on any atom is -0.480 e. The zero-order valence-electron chi connectivity index (χ0n) is 9.19. The van der Waals surface area contributed by atoms with Gasteiger partial charge in [0, 0.05) is 5.38 Å². The number of aryl methyl sites for hydroxylation is 1. The minimum atomic E-state index is -4.66. The molecule has 0 aromatic carbocycles. The van der Waals surface area contributed by atoms with E-state index in [-0.39, 0.29) is 10.6 Å². The van der Waals surface area contributed by atoms with Crippen LogP contribution in [0.3, 0.4) is 0 Å². The second-order valence-corrected chi connectivity index (χ2v) is 4.48. The van der Waals surface area contributed by atoms with Gasteiger partial charge in [0.15, 0.2) is 0 Å². The van der Waals surface area contributed by atoms with Gasteiger partial charge in [0.2, 0.25) is 0 Å². The van der Waals surface area contributed by atoms with E-state index in [9.17, 15) is 22.8 Å². The molecule has 0 saturated carbocycles. The lowest BCUT2D eigenvalue weighted by Gasteiger charge is -2.21. The zero-order chi connectivity index (χ0) is 13.9. The van der Waals surface area contributed by atoms with Gasteiger partial charge >= 0.3 is 12.1 Å². The number of rotatable bonds is 4. The molecule has 0 bridgehead atoms. The third-order valence-corrected chi connectivity index (χ3v) is 2.60. The van der Waals surface area contributed by atoms with Gasteiger partial charge in [-0.3, -0.25) is 9.59 Å². The number of carbonyl (C=O) groups is 2. The summed E-state index contributed by atoms with van der Waals surface area (Å²) in [6.07, 6.45) is -4.66. The molecule has 1 aromatic heterocycles. The maximum atomic E-state index is 12.2. The Morgan fingerprint density at radius 2 is 2.11 bits per heavy atom. The first-order valence-electron chi connectivity index (χ1n) is 4.69. The van der Waals surface area contributed by atoms with Crippen molar-refractivity contribution in [2.75, 3.05) is 13.1 Å². The molecule has 0 spiro atoms. The number of halogens is 3. The number of thiazole rings is 1. The maximum Gasteiger partial charge on any atom is 0.406 e. The van der Waals surface area contributed by atoms with Crippen LogP contribution in [-0.4, -0.2) is 46.1 Å². The van der Waals surface area contributed by atoms with Crippen molar-refractivity contribution in [3.05, 3.63) is 16.1 Å². The predicted octanol–water partition coefficient (Wildman–Crippen LogP) is 1.54. The summed E-state index contributed by atoms with van der Waals surface area (Å²) < 4.78 is 36.7. The number of amides is 1. The molecule has 0 aliphatic carbocycles. The fourth-order valence-electron chi connectivity index (χ4n) is 1.20. The molecule has 5 nitrogen and oxygen atoms in total. The molecule has 0 saturated heterocycles.